The minimum absolute atomic E-state index is 0.576. The zero-order chi connectivity index (χ0) is 12.0. The highest BCUT2D eigenvalue weighted by Crippen LogP contribution is 2.21. The van der Waals surface area contributed by atoms with Gasteiger partial charge in [-0.25, -0.2) is 0 Å². The van der Waals surface area contributed by atoms with Crippen LogP contribution in [-0.4, -0.2) is 62.6 Å². The van der Waals surface area contributed by atoms with Gasteiger partial charge in [0.25, 0.3) is 0 Å². The molecule has 4 nitrogen and oxygen atoms in total. The number of ether oxygens (including phenoxy) is 1. The molecule has 0 aromatic carbocycles. The molecule has 0 atom stereocenters. The maximum atomic E-state index is 10.3. The van der Waals surface area contributed by atoms with Crippen molar-refractivity contribution in [3.8, 4) is 0 Å². The normalized spacial score (nSPS) is 20.0. The van der Waals surface area contributed by atoms with E-state index in [-0.39, 0.29) is 0 Å². The van der Waals surface area contributed by atoms with E-state index in [0.717, 1.165) is 31.5 Å². The average Bonchev–Trinajstić information content (AvgIpc) is 2.17. The van der Waals surface area contributed by atoms with E-state index in [1.54, 1.807) is 0 Å². The van der Waals surface area contributed by atoms with Gasteiger partial charge in [0.1, 0.15) is 0 Å². The maximum Gasteiger partial charge on any atom is 0.0817 e. The van der Waals surface area contributed by atoms with Crippen molar-refractivity contribution >= 4 is 0 Å². The molecule has 1 aliphatic heterocycles. The molecule has 0 radical (unpaired) electrons. The van der Waals surface area contributed by atoms with Gasteiger partial charge in [0.2, 0.25) is 0 Å². The lowest BCUT2D eigenvalue weighted by atomic mass is 9.94. The van der Waals surface area contributed by atoms with Crippen molar-refractivity contribution in [2.45, 2.75) is 18.4 Å². The lowest BCUT2D eigenvalue weighted by Gasteiger charge is -2.35. The van der Waals surface area contributed by atoms with Crippen LogP contribution in [0.2, 0.25) is 0 Å². The molecule has 94 valence electrons. The number of hydrogen-bond acceptors (Lipinski definition) is 4. The molecule has 2 N–H and O–H groups in total. The summed E-state index contributed by atoms with van der Waals surface area (Å²) in [6.45, 7) is 7.67. The van der Waals surface area contributed by atoms with E-state index in [1.807, 2.05) is 14.1 Å². The van der Waals surface area contributed by atoms with Gasteiger partial charge in [0.15, 0.2) is 0 Å². The summed E-state index contributed by atoms with van der Waals surface area (Å²) in [5.74, 6) is 0. The number of rotatable bonds is 6. The Bertz CT molecular complexity index is 225. The molecule has 4 heteroatoms. The van der Waals surface area contributed by atoms with Crippen LogP contribution in [0.1, 0.15) is 12.8 Å². The summed E-state index contributed by atoms with van der Waals surface area (Å²) < 4.78 is 5.26. The Morgan fingerprint density at radius 2 is 2.12 bits per heavy atom. The Balaban J connectivity index is 2.31. The topological polar surface area (TPSA) is 44.7 Å². The van der Waals surface area contributed by atoms with Crippen molar-refractivity contribution in [3.05, 3.63) is 12.2 Å². The number of nitrogens with one attached hydrogen (secondary N) is 1. The second kappa shape index (κ2) is 6.35. The molecule has 16 heavy (non-hydrogen) atoms. The summed E-state index contributed by atoms with van der Waals surface area (Å²) in [4.78, 5) is 2.13. The van der Waals surface area contributed by atoms with Gasteiger partial charge < -0.3 is 15.2 Å². The van der Waals surface area contributed by atoms with Gasteiger partial charge in [-0.15, -0.1) is 0 Å². The number of nitrogens with zero attached hydrogens (tertiary/aromatic N) is 1. The molecule has 0 spiro atoms. The quantitative estimate of drug-likeness (QED) is 0.639. The first kappa shape index (κ1) is 13.6. The van der Waals surface area contributed by atoms with Gasteiger partial charge in [-0.3, -0.25) is 4.90 Å². The van der Waals surface area contributed by atoms with Crippen LogP contribution in [0.4, 0.5) is 0 Å². The van der Waals surface area contributed by atoms with E-state index < -0.39 is 5.60 Å². The number of hydrogen-bond donors (Lipinski definition) is 2. The van der Waals surface area contributed by atoms with Gasteiger partial charge in [-0.05, 0) is 19.7 Å². The Hall–Kier alpha value is -0.420. The zero-order valence-corrected chi connectivity index (χ0v) is 10.5. The summed E-state index contributed by atoms with van der Waals surface area (Å²) >= 11 is 0. The van der Waals surface area contributed by atoms with Gasteiger partial charge in [-0.2, -0.15) is 0 Å². The van der Waals surface area contributed by atoms with Crippen molar-refractivity contribution in [3.63, 3.8) is 0 Å². The third-order valence-corrected chi connectivity index (χ3v) is 2.91. The lowest BCUT2D eigenvalue weighted by molar-refractivity contribution is -0.0759. The third kappa shape index (κ3) is 4.61. The molecular formula is C12H24N2O2. The van der Waals surface area contributed by atoms with E-state index in [2.05, 4.69) is 16.8 Å². The molecule has 1 saturated heterocycles. The fourth-order valence-corrected chi connectivity index (χ4v) is 2.16. The van der Waals surface area contributed by atoms with Gasteiger partial charge >= 0.3 is 0 Å². The van der Waals surface area contributed by atoms with Crippen LogP contribution in [0.15, 0.2) is 12.2 Å². The van der Waals surface area contributed by atoms with Crippen molar-refractivity contribution < 1.29 is 9.84 Å². The Morgan fingerprint density at radius 1 is 1.50 bits per heavy atom. The first-order valence-electron chi connectivity index (χ1n) is 5.86. The number of likely N-dealkylation sites (N-methyl/N-ethyl adjacent to an activating group) is 2. The van der Waals surface area contributed by atoms with Gasteiger partial charge in [0.05, 0.1) is 5.60 Å². The van der Waals surface area contributed by atoms with E-state index in [4.69, 9.17) is 4.74 Å². The molecule has 0 aromatic rings. The molecule has 0 aliphatic carbocycles. The summed E-state index contributed by atoms with van der Waals surface area (Å²) in [6.07, 6.45) is 1.46. The van der Waals surface area contributed by atoms with Crippen molar-refractivity contribution in [2.24, 2.45) is 0 Å². The third-order valence-electron chi connectivity index (χ3n) is 2.91. The van der Waals surface area contributed by atoms with Crippen molar-refractivity contribution in [1.82, 2.24) is 10.2 Å². The van der Waals surface area contributed by atoms with Crippen molar-refractivity contribution in [2.75, 3.05) is 46.9 Å². The molecule has 0 amide bonds. The predicted molar refractivity (Wildman–Crippen MR) is 65.6 cm³/mol. The first-order chi connectivity index (χ1) is 7.56. The summed E-state index contributed by atoms with van der Waals surface area (Å²) in [7, 11) is 3.94. The fraction of sp³-hybridized carbons (Fsp3) is 0.833. The van der Waals surface area contributed by atoms with Crippen molar-refractivity contribution in [1.29, 1.82) is 0 Å². The minimum atomic E-state index is -0.576. The summed E-state index contributed by atoms with van der Waals surface area (Å²) in [5.41, 5.74) is 0.563. The summed E-state index contributed by atoms with van der Waals surface area (Å²) in [5, 5.41) is 13.4. The largest absolute Gasteiger partial charge is 0.388 e. The highest BCUT2D eigenvalue weighted by atomic mass is 16.5. The molecular weight excluding hydrogens is 204 g/mol. The van der Waals surface area contributed by atoms with Crippen LogP contribution >= 0.6 is 0 Å². The average molecular weight is 228 g/mol. The zero-order valence-electron chi connectivity index (χ0n) is 10.5. The van der Waals surface area contributed by atoms with Gasteiger partial charge in [0, 0.05) is 45.7 Å². The molecule has 1 aliphatic rings. The van der Waals surface area contributed by atoms with Crippen LogP contribution in [-0.2, 0) is 4.74 Å². The molecule has 0 aromatic heterocycles. The highest BCUT2D eigenvalue weighted by Gasteiger charge is 2.30. The monoisotopic (exact) mass is 228 g/mol. The van der Waals surface area contributed by atoms with Crippen LogP contribution < -0.4 is 5.32 Å². The number of aliphatic hydroxyl groups is 1. The molecule has 0 saturated carbocycles. The maximum absolute atomic E-state index is 10.3. The second-order valence-corrected chi connectivity index (χ2v) is 4.79. The highest BCUT2D eigenvalue weighted by molar-refractivity contribution is 5.00. The fourth-order valence-electron chi connectivity index (χ4n) is 2.16. The van der Waals surface area contributed by atoms with Crippen LogP contribution in [0.25, 0.3) is 0 Å². The SMILES string of the molecule is C=C(CNC)CN(C)CC1(O)CCOCC1. The van der Waals surface area contributed by atoms with Gasteiger partial charge in [-0.1, -0.05) is 6.58 Å². The molecule has 0 unspecified atom stereocenters. The van der Waals surface area contributed by atoms with E-state index in [1.165, 1.54) is 0 Å². The van der Waals surface area contributed by atoms with E-state index >= 15 is 0 Å². The smallest absolute Gasteiger partial charge is 0.0817 e. The lowest BCUT2D eigenvalue weighted by Crippen LogP contribution is -2.46. The second-order valence-electron chi connectivity index (χ2n) is 4.79. The first-order valence-corrected chi connectivity index (χ1v) is 5.86. The molecule has 1 fully saturated rings. The van der Waals surface area contributed by atoms with Crippen LogP contribution in [0, 0.1) is 0 Å². The Morgan fingerprint density at radius 3 is 2.69 bits per heavy atom. The summed E-state index contributed by atoms with van der Waals surface area (Å²) in [6, 6.07) is 0. The standard InChI is InChI=1S/C12H24N2O2/c1-11(8-13-2)9-14(3)10-12(15)4-6-16-7-5-12/h13,15H,1,4-10H2,2-3H3. The van der Waals surface area contributed by atoms with Crippen LogP contribution in [0.3, 0.4) is 0 Å². The predicted octanol–water partition coefficient (Wildman–Crippen LogP) is 0.235. The Labute approximate surface area is 98.3 Å². The molecule has 1 heterocycles. The van der Waals surface area contributed by atoms with Crippen LogP contribution in [0.5, 0.6) is 0 Å². The molecule has 0 bridgehead atoms. The Kier molecular flexibility index (Phi) is 5.41. The molecule has 1 rings (SSSR count). The van der Waals surface area contributed by atoms with E-state index in [9.17, 15) is 5.11 Å². The van der Waals surface area contributed by atoms with E-state index in [0.29, 0.717) is 19.8 Å². The minimum Gasteiger partial charge on any atom is -0.388 e.